The lowest BCUT2D eigenvalue weighted by molar-refractivity contribution is -0.141. The second kappa shape index (κ2) is 7.63. The monoisotopic (exact) mass is 274 g/mol. The van der Waals surface area contributed by atoms with Gasteiger partial charge in [0.15, 0.2) is 0 Å². The molecule has 0 spiro atoms. The maximum atomic E-state index is 12.1. The average Bonchev–Trinajstić information content (AvgIpc) is 2.34. The van der Waals surface area contributed by atoms with Crippen LogP contribution in [0.1, 0.15) is 25.7 Å². The highest BCUT2D eigenvalue weighted by Crippen LogP contribution is 2.20. The first-order valence-corrected chi connectivity index (χ1v) is 7.69. The maximum absolute atomic E-state index is 12.1. The van der Waals surface area contributed by atoms with Crippen LogP contribution in [0.2, 0.25) is 0 Å². The molecular formula is C12H22N2O3S. The molecule has 0 aromatic carbocycles. The Labute approximate surface area is 112 Å². The van der Waals surface area contributed by atoms with E-state index in [-0.39, 0.29) is 18.2 Å². The zero-order valence-corrected chi connectivity index (χ0v) is 11.6. The Morgan fingerprint density at radius 2 is 2.28 bits per heavy atom. The van der Waals surface area contributed by atoms with Crippen molar-refractivity contribution in [1.82, 2.24) is 4.90 Å². The predicted octanol–water partition coefficient (Wildman–Crippen LogP) is 0.780. The summed E-state index contributed by atoms with van der Waals surface area (Å²) in [5.74, 6) is 0.132. The number of aliphatic carboxylic acids is 1. The summed E-state index contributed by atoms with van der Waals surface area (Å²) in [5.41, 5.74) is 5.86. The first-order valence-electron chi connectivity index (χ1n) is 6.29. The van der Waals surface area contributed by atoms with Gasteiger partial charge in [0, 0.05) is 19.5 Å². The van der Waals surface area contributed by atoms with Crippen LogP contribution in [0.5, 0.6) is 0 Å². The number of piperidine rings is 1. The van der Waals surface area contributed by atoms with E-state index in [1.807, 2.05) is 6.26 Å². The van der Waals surface area contributed by atoms with Crippen molar-refractivity contribution in [2.45, 2.75) is 31.7 Å². The summed E-state index contributed by atoms with van der Waals surface area (Å²) in [4.78, 5) is 24.5. The third kappa shape index (κ3) is 4.86. The van der Waals surface area contributed by atoms with E-state index in [1.165, 1.54) is 0 Å². The van der Waals surface area contributed by atoms with Gasteiger partial charge in [-0.25, -0.2) is 0 Å². The van der Waals surface area contributed by atoms with E-state index < -0.39 is 12.0 Å². The van der Waals surface area contributed by atoms with Gasteiger partial charge in [-0.15, -0.1) is 0 Å². The maximum Gasteiger partial charge on any atom is 0.303 e. The van der Waals surface area contributed by atoms with Crippen molar-refractivity contribution >= 4 is 23.6 Å². The van der Waals surface area contributed by atoms with Crippen molar-refractivity contribution in [3.63, 3.8) is 0 Å². The molecule has 6 heteroatoms. The number of carbonyl (C=O) groups is 2. The number of hydrogen-bond acceptors (Lipinski definition) is 4. The van der Waals surface area contributed by atoms with Crippen molar-refractivity contribution in [3.8, 4) is 0 Å². The molecule has 0 saturated carbocycles. The van der Waals surface area contributed by atoms with Crippen molar-refractivity contribution < 1.29 is 14.7 Å². The molecule has 1 amide bonds. The minimum Gasteiger partial charge on any atom is -0.481 e. The molecule has 18 heavy (non-hydrogen) atoms. The fraction of sp³-hybridized carbons (Fsp3) is 0.833. The molecule has 1 unspecified atom stereocenters. The van der Waals surface area contributed by atoms with Gasteiger partial charge < -0.3 is 15.7 Å². The smallest absolute Gasteiger partial charge is 0.303 e. The van der Waals surface area contributed by atoms with Crippen LogP contribution in [0.4, 0.5) is 0 Å². The molecule has 3 N–H and O–H groups in total. The van der Waals surface area contributed by atoms with Crippen molar-refractivity contribution in [3.05, 3.63) is 0 Å². The summed E-state index contributed by atoms with van der Waals surface area (Å²) < 4.78 is 0. The quantitative estimate of drug-likeness (QED) is 0.748. The van der Waals surface area contributed by atoms with Gasteiger partial charge in [0.05, 0.1) is 6.04 Å². The number of nitrogens with two attached hydrogens (primary N) is 1. The van der Waals surface area contributed by atoms with Gasteiger partial charge in [-0.3, -0.25) is 9.59 Å². The summed E-state index contributed by atoms with van der Waals surface area (Å²) >= 11 is 1.67. The van der Waals surface area contributed by atoms with E-state index in [9.17, 15) is 9.59 Å². The number of amides is 1. The SMILES string of the molecule is CSCC[C@@H](N)C(=O)N1CCCC(CC(=O)O)C1. The van der Waals surface area contributed by atoms with Crippen LogP contribution in [0.3, 0.4) is 0 Å². The molecular weight excluding hydrogens is 252 g/mol. The predicted molar refractivity (Wildman–Crippen MR) is 72.5 cm³/mol. The minimum absolute atomic E-state index is 0.0286. The third-order valence-electron chi connectivity index (χ3n) is 3.24. The van der Waals surface area contributed by atoms with Crippen molar-refractivity contribution in [2.75, 3.05) is 25.1 Å². The third-order valence-corrected chi connectivity index (χ3v) is 3.89. The molecule has 0 bridgehead atoms. The van der Waals surface area contributed by atoms with Crippen LogP contribution in [0, 0.1) is 5.92 Å². The van der Waals surface area contributed by atoms with Gasteiger partial charge in [-0.1, -0.05) is 0 Å². The molecule has 0 aromatic heterocycles. The number of likely N-dealkylation sites (tertiary alicyclic amines) is 1. The molecule has 1 rings (SSSR count). The summed E-state index contributed by atoms with van der Waals surface area (Å²) in [6.07, 6.45) is 4.57. The second-order valence-electron chi connectivity index (χ2n) is 4.78. The Balaban J connectivity index is 2.44. The van der Waals surface area contributed by atoms with E-state index in [4.69, 9.17) is 10.8 Å². The molecule has 1 saturated heterocycles. The van der Waals surface area contributed by atoms with Gasteiger partial charge >= 0.3 is 5.97 Å². The Hall–Kier alpha value is -0.750. The number of thioether (sulfide) groups is 1. The molecule has 0 aliphatic carbocycles. The van der Waals surface area contributed by atoms with Crippen LogP contribution in [-0.2, 0) is 9.59 Å². The first-order chi connectivity index (χ1) is 8.54. The van der Waals surface area contributed by atoms with Crippen LogP contribution >= 0.6 is 11.8 Å². The van der Waals surface area contributed by atoms with E-state index in [1.54, 1.807) is 16.7 Å². The number of rotatable bonds is 6. The lowest BCUT2D eigenvalue weighted by Crippen LogP contribution is -2.48. The van der Waals surface area contributed by atoms with E-state index in [2.05, 4.69) is 0 Å². The number of carboxylic acid groups (broad SMARTS) is 1. The average molecular weight is 274 g/mol. The molecule has 104 valence electrons. The van der Waals surface area contributed by atoms with Crippen molar-refractivity contribution in [2.24, 2.45) is 11.7 Å². The van der Waals surface area contributed by atoms with Crippen LogP contribution in [0.15, 0.2) is 0 Å². The largest absolute Gasteiger partial charge is 0.481 e. The normalized spacial score (nSPS) is 21.7. The summed E-state index contributed by atoms with van der Waals surface area (Å²) in [6, 6.07) is -0.443. The van der Waals surface area contributed by atoms with Crippen LogP contribution in [-0.4, -0.2) is 53.0 Å². The summed E-state index contributed by atoms with van der Waals surface area (Å²) in [7, 11) is 0. The van der Waals surface area contributed by atoms with Gasteiger partial charge in [0.25, 0.3) is 0 Å². The van der Waals surface area contributed by atoms with E-state index in [0.29, 0.717) is 19.5 Å². The lowest BCUT2D eigenvalue weighted by atomic mass is 9.94. The van der Waals surface area contributed by atoms with Crippen molar-refractivity contribution in [1.29, 1.82) is 0 Å². The number of hydrogen-bond donors (Lipinski definition) is 2. The van der Waals surface area contributed by atoms with Gasteiger partial charge in [0.2, 0.25) is 5.91 Å². The van der Waals surface area contributed by atoms with Gasteiger partial charge in [-0.2, -0.15) is 11.8 Å². The van der Waals surface area contributed by atoms with E-state index >= 15 is 0 Å². The highest BCUT2D eigenvalue weighted by molar-refractivity contribution is 7.98. The zero-order chi connectivity index (χ0) is 13.5. The van der Waals surface area contributed by atoms with E-state index in [0.717, 1.165) is 18.6 Å². The standard InChI is InChI=1S/C12H22N2O3S/c1-18-6-4-10(13)12(17)14-5-2-3-9(8-14)7-11(15)16/h9-10H,2-8,13H2,1H3,(H,15,16)/t9?,10-/m1/s1. The highest BCUT2D eigenvalue weighted by Gasteiger charge is 2.27. The van der Waals surface area contributed by atoms with Gasteiger partial charge in [0.1, 0.15) is 0 Å². The first kappa shape index (κ1) is 15.3. The minimum atomic E-state index is -0.791. The van der Waals surface area contributed by atoms with Crippen LogP contribution in [0.25, 0.3) is 0 Å². The molecule has 2 atom stereocenters. The summed E-state index contributed by atoms with van der Waals surface area (Å²) in [5, 5.41) is 8.79. The zero-order valence-electron chi connectivity index (χ0n) is 10.8. The Morgan fingerprint density at radius 3 is 2.89 bits per heavy atom. The number of carbonyl (C=O) groups excluding carboxylic acids is 1. The molecule has 1 heterocycles. The molecule has 5 nitrogen and oxygen atoms in total. The molecule has 1 aliphatic rings. The molecule has 1 aliphatic heterocycles. The Bertz CT molecular complexity index is 299. The lowest BCUT2D eigenvalue weighted by Gasteiger charge is -2.33. The van der Waals surface area contributed by atoms with Crippen LogP contribution < -0.4 is 5.73 Å². The highest BCUT2D eigenvalue weighted by atomic mass is 32.2. The fourth-order valence-corrected chi connectivity index (χ4v) is 2.77. The number of nitrogens with zero attached hydrogens (tertiary/aromatic N) is 1. The fourth-order valence-electron chi connectivity index (χ4n) is 2.28. The molecule has 0 radical (unpaired) electrons. The number of carboxylic acids is 1. The molecule has 0 aromatic rings. The van der Waals surface area contributed by atoms with Gasteiger partial charge in [-0.05, 0) is 37.2 Å². The Kier molecular flexibility index (Phi) is 6.49. The summed E-state index contributed by atoms with van der Waals surface area (Å²) in [6.45, 7) is 1.25. The topological polar surface area (TPSA) is 83.6 Å². The Morgan fingerprint density at radius 1 is 1.56 bits per heavy atom. The molecule has 1 fully saturated rings. The second-order valence-corrected chi connectivity index (χ2v) is 5.76.